The van der Waals surface area contributed by atoms with Crippen LogP contribution in [0.2, 0.25) is 0 Å². The standard InChI is InChI=1S/C25H35N5O/c1-20-8-10-21(11-9-20)23-17-27-25(28-18-23)30-15-6-7-22(19-30)24(31)26-12-16-29-13-4-2-3-5-14-29/h8-11,17-18,22H,2-7,12-16,19H2,1H3,(H,26,31)/t22-/m0/s1. The van der Waals surface area contributed by atoms with E-state index in [1.807, 2.05) is 12.4 Å². The van der Waals surface area contributed by atoms with Gasteiger partial charge in [0, 0.05) is 44.1 Å². The number of hydrogen-bond donors (Lipinski definition) is 1. The molecule has 1 aromatic carbocycles. The highest BCUT2D eigenvalue weighted by Crippen LogP contribution is 2.23. The number of carbonyl (C=O) groups is 1. The van der Waals surface area contributed by atoms with Crippen molar-refractivity contribution in [3.05, 3.63) is 42.2 Å². The summed E-state index contributed by atoms with van der Waals surface area (Å²) < 4.78 is 0. The topological polar surface area (TPSA) is 61.4 Å². The zero-order valence-corrected chi connectivity index (χ0v) is 18.7. The van der Waals surface area contributed by atoms with Gasteiger partial charge >= 0.3 is 0 Å². The molecule has 6 nitrogen and oxygen atoms in total. The molecule has 2 aliphatic heterocycles. The molecule has 0 bridgehead atoms. The van der Waals surface area contributed by atoms with Crippen LogP contribution in [0.25, 0.3) is 11.1 Å². The summed E-state index contributed by atoms with van der Waals surface area (Å²) in [5.74, 6) is 0.909. The number of aryl methyl sites for hydroxylation is 1. The Hall–Kier alpha value is -2.47. The summed E-state index contributed by atoms with van der Waals surface area (Å²) in [7, 11) is 0. The molecule has 1 amide bonds. The minimum atomic E-state index is 0.0123. The van der Waals surface area contributed by atoms with Crippen molar-refractivity contribution in [1.82, 2.24) is 20.2 Å². The number of piperidine rings is 1. The third kappa shape index (κ3) is 6.03. The first kappa shape index (κ1) is 21.8. The fourth-order valence-corrected chi connectivity index (χ4v) is 4.59. The van der Waals surface area contributed by atoms with Crippen LogP contribution in [0.4, 0.5) is 5.95 Å². The molecule has 31 heavy (non-hydrogen) atoms. The van der Waals surface area contributed by atoms with E-state index < -0.39 is 0 Å². The number of rotatable bonds is 6. The SMILES string of the molecule is Cc1ccc(-c2cnc(N3CCC[C@H](C(=O)NCCN4CCCCCC4)C3)nc2)cc1. The average molecular weight is 422 g/mol. The van der Waals surface area contributed by atoms with Gasteiger partial charge < -0.3 is 15.1 Å². The third-order valence-electron chi connectivity index (χ3n) is 6.52. The highest BCUT2D eigenvalue weighted by atomic mass is 16.1. The van der Waals surface area contributed by atoms with E-state index in [1.165, 1.54) is 44.3 Å². The number of amides is 1. The van der Waals surface area contributed by atoms with Crippen LogP contribution in [-0.2, 0) is 4.79 Å². The van der Waals surface area contributed by atoms with E-state index in [-0.39, 0.29) is 11.8 Å². The predicted octanol–water partition coefficient (Wildman–Crippen LogP) is 3.66. The van der Waals surface area contributed by atoms with E-state index in [9.17, 15) is 4.79 Å². The summed E-state index contributed by atoms with van der Waals surface area (Å²) in [5, 5.41) is 3.18. The molecule has 0 radical (unpaired) electrons. The Kier molecular flexibility index (Phi) is 7.52. The van der Waals surface area contributed by atoms with E-state index in [1.54, 1.807) is 0 Å². The number of anilines is 1. The molecule has 2 aliphatic rings. The molecule has 2 aromatic rings. The molecule has 0 aliphatic carbocycles. The van der Waals surface area contributed by atoms with Gasteiger partial charge in [0.05, 0.1) is 5.92 Å². The van der Waals surface area contributed by atoms with Gasteiger partial charge in [-0.1, -0.05) is 42.7 Å². The molecule has 2 fully saturated rings. The maximum atomic E-state index is 12.8. The summed E-state index contributed by atoms with van der Waals surface area (Å²) in [6.07, 6.45) is 11.0. The maximum absolute atomic E-state index is 12.8. The molecule has 6 heteroatoms. The van der Waals surface area contributed by atoms with Crippen molar-refractivity contribution >= 4 is 11.9 Å². The Morgan fingerprint density at radius 2 is 1.68 bits per heavy atom. The van der Waals surface area contributed by atoms with E-state index in [0.29, 0.717) is 6.54 Å². The summed E-state index contributed by atoms with van der Waals surface area (Å²) in [6.45, 7) is 7.73. The summed E-state index contributed by atoms with van der Waals surface area (Å²) in [6, 6.07) is 8.40. The largest absolute Gasteiger partial charge is 0.355 e. The molecule has 166 valence electrons. The van der Waals surface area contributed by atoms with Crippen molar-refractivity contribution in [2.24, 2.45) is 5.92 Å². The molecular weight excluding hydrogens is 386 g/mol. The van der Waals surface area contributed by atoms with E-state index in [4.69, 9.17) is 0 Å². The van der Waals surface area contributed by atoms with Crippen LogP contribution < -0.4 is 10.2 Å². The van der Waals surface area contributed by atoms with Crippen molar-refractivity contribution in [2.45, 2.75) is 45.4 Å². The fourth-order valence-electron chi connectivity index (χ4n) is 4.59. The number of hydrogen-bond acceptors (Lipinski definition) is 5. The predicted molar refractivity (Wildman–Crippen MR) is 125 cm³/mol. The summed E-state index contributed by atoms with van der Waals surface area (Å²) >= 11 is 0. The van der Waals surface area contributed by atoms with Crippen LogP contribution in [0.15, 0.2) is 36.7 Å². The van der Waals surface area contributed by atoms with Gasteiger partial charge in [-0.3, -0.25) is 4.79 Å². The second kappa shape index (κ2) is 10.7. The highest BCUT2D eigenvalue weighted by Gasteiger charge is 2.27. The van der Waals surface area contributed by atoms with Gasteiger partial charge in [0.2, 0.25) is 11.9 Å². The molecule has 0 unspecified atom stereocenters. The zero-order chi connectivity index (χ0) is 21.5. The van der Waals surface area contributed by atoms with Gasteiger partial charge in [0.1, 0.15) is 0 Å². The van der Waals surface area contributed by atoms with Gasteiger partial charge in [-0.25, -0.2) is 9.97 Å². The molecule has 1 aromatic heterocycles. The van der Waals surface area contributed by atoms with Gasteiger partial charge in [0.15, 0.2) is 0 Å². The molecule has 0 spiro atoms. The van der Waals surface area contributed by atoms with Crippen LogP contribution in [0.3, 0.4) is 0 Å². The lowest BCUT2D eigenvalue weighted by Gasteiger charge is -2.32. The van der Waals surface area contributed by atoms with Gasteiger partial charge in [-0.2, -0.15) is 0 Å². The monoisotopic (exact) mass is 421 g/mol. The van der Waals surface area contributed by atoms with Crippen LogP contribution >= 0.6 is 0 Å². The Morgan fingerprint density at radius 3 is 2.39 bits per heavy atom. The number of aromatic nitrogens is 2. The minimum Gasteiger partial charge on any atom is -0.355 e. The molecule has 3 heterocycles. The van der Waals surface area contributed by atoms with Crippen molar-refractivity contribution in [1.29, 1.82) is 0 Å². The number of nitrogens with one attached hydrogen (secondary N) is 1. The lowest BCUT2D eigenvalue weighted by atomic mass is 9.97. The number of likely N-dealkylation sites (tertiary alicyclic amines) is 1. The Labute approximate surface area is 186 Å². The van der Waals surface area contributed by atoms with Crippen LogP contribution in [0, 0.1) is 12.8 Å². The fraction of sp³-hybridized carbons (Fsp3) is 0.560. The first-order chi connectivity index (χ1) is 15.2. The minimum absolute atomic E-state index is 0.0123. The number of benzene rings is 1. The lowest BCUT2D eigenvalue weighted by molar-refractivity contribution is -0.125. The Bertz CT molecular complexity index is 828. The molecule has 1 atom stereocenters. The molecule has 2 saturated heterocycles. The van der Waals surface area contributed by atoms with Crippen LogP contribution in [0.5, 0.6) is 0 Å². The second-order valence-electron chi connectivity index (χ2n) is 8.97. The van der Waals surface area contributed by atoms with E-state index in [2.05, 4.69) is 56.3 Å². The quantitative estimate of drug-likeness (QED) is 0.771. The maximum Gasteiger partial charge on any atom is 0.225 e. The van der Waals surface area contributed by atoms with Gasteiger partial charge in [0.25, 0.3) is 0 Å². The first-order valence-corrected chi connectivity index (χ1v) is 11.8. The lowest BCUT2D eigenvalue weighted by Crippen LogP contribution is -2.45. The molecule has 4 rings (SSSR count). The molecule has 0 saturated carbocycles. The average Bonchev–Trinajstić information content (AvgIpc) is 3.09. The van der Waals surface area contributed by atoms with Crippen molar-refractivity contribution in [3.8, 4) is 11.1 Å². The smallest absolute Gasteiger partial charge is 0.225 e. The van der Waals surface area contributed by atoms with Crippen LogP contribution in [-0.4, -0.2) is 60.0 Å². The van der Waals surface area contributed by atoms with Crippen LogP contribution in [0.1, 0.15) is 44.1 Å². The van der Waals surface area contributed by atoms with E-state index >= 15 is 0 Å². The Balaban J connectivity index is 1.28. The summed E-state index contributed by atoms with van der Waals surface area (Å²) in [4.78, 5) is 26.6. The Morgan fingerprint density at radius 1 is 0.968 bits per heavy atom. The van der Waals surface area contributed by atoms with Gasteiger partial charge in [-0.05, 0) is 51.3 Å². The number of carbonyl (C=O) groups excluding carboxylic acids is 1. The van der Waals surface area contributed by atoms with Crippen molar-refractivity contribution in [2.75, 3.05) is 44.2 Å². The molecule has 1 N–H and O–H groups in total. The first-order valence-electron chi connectivity index (χ1n) is 11.8. The molecular formula is C25H35N5O. The third-order valence-corrected chi connectivity index (χ3v) is 6.52. The van der Waals surface area contributed by atoms with E-state index in [0.717, 1.165) is 49.6 Å². The number of nitrogens with zero attached hydrogens (tertiary/aromatic N) is 4. The van der Waals surface area contributed by atoms with Crippen molar-refractivity contribution in [3.63, 3.8) is 0 Å². The summed E-state index contributed by atoms with van der Waals surface area (Å²) in [5.41, 5.74) is 3.38. The van der Waals surface area contributed by atoms with Crippen molar-refractivity contribution < 1.29 is 4.79 Å². The second-order valence-corrected chi connectivity index (χ2v) is 8.97. The zero-order valence-electron chi connectivity index (χ0n) is 18.7. The highest BCUT2D eigenvalue weighted by molar-refractivity contribution is 5.79. The van der Waals surface area contributed by atoms with Gasteiger partial charge in [-0.15, -0.1) is 0 Å². The normalized spacial score (nSPS) is 20.3.